The van der Waals surface area contributed by atoms with Gasteiger partial charge in [-0.3, -0.25) is 14.5 Å². The Morgan fingerprint density at radius 1 is 1.18 bits per heavy atom. The largest absolute Gasteiger partial charge is 0.380 e. The maximum Gasteiger partial charge on any atom is 0.251 e. The first-order chi connectivity index (χ1) is 13.4. The molecule has 2 aromatic rings. The highest BCUT2D eigenvalue weighted by Crippen LogP contribution is 2.30. The molecule has 146 valence electrons. The molecular weight excluding hydrogens is 392 g/mol. The van der Waals surface area contributed by atoms with Gasteiger partial charge in [0.1, 0.15) is 18.4 Å². The minimum atomic E-state index is -0.808. The highest BCUT2D eigenvalue weighted by molar-refractivity contribution is 6.30. The fourth-order valence-electron chi connectivity index (χ4n) is 3.40. The van der Waals surface area contributed by atoms with Crippen molar-refractivity contribution in [3.8, 4) is 0 Å². The Morgan fingerprint density at radius 2 is 1.89 bits per heavy atom. The molecule has 0 radical (unpaired) electrons. The Hall–Kier alpha value is -2.58. The standard InChI is InChI=1S/C19H16ClF2N3O3/c20-13-5-15(22)18(23-6-13)25-8-16(26)24(7-11-1-3-14(21)4-2-11)17(19(25)27)12-9-28-10-12/h1-6,12,17H,7-10H2/t17-/m0/s1. The van der Waals surface area contributed by atoms with Crippen molar-refractivity contribution in [3.05, 3.63) is 58.7 Å². The fraction of sp³-hybridized carbons (Fsp3) is 0.316. The molecule has 2 saturated heterocycles. The van der Waals surface area contributed by atoms with Crippen LogP contribution in [0.15, 0.2) is 36.5 Å². The molecule has 1 aromatic heterocycles. The lowest BCUT2D eigenvalue weighted by atomic mass is 9.92. The molecule has 0 saturated carbocycles. The Balaban J connectivity index is 1.65. The highest BCUT2D eigenvalue weighted by atomic mass is 35.5. The Labute approximate surface area is 164 Å². The summed E-state index contributed by atoms with van der Waals surface area (Å²) in [6.45, 7) is 0.466. The number of aromatic nitrogens is 1. The summed E-state index contributed by atoms with van der Waals surface area (Å²) >= 11 is 5.73. The van der Waals surface area contributed by atoms with Crippen LogP contribution in [0.5, 0.6) is 0 Å². The average molecular weight is 408 g/mol. The molecule has 0 N–H and O–H groups in total. The van der Waals surface area contributed by atoms with Crippen molar-refractivity contribution in [1.82, 2.24) is 9.88 Å². The van der Waals surface area contributed by atoms with E-state index in [9.17, 15) is 18.4 Å². The number of carbonyl (C=O) groups excluding carboxylic acids is 2. The molecule has 1 atom stereocenters. The van der Waals surface area contributed by atoms with Crippen LogP contribution in [0.2, 0.25) is 5.02 Å². The Bertz CT molecular complexity index is 921. The van der Waals surface area contributed by atoms with Gasteiger partial charge in [-0.25, -0.2) is 13.8 Å². The maximum absolute atomic E-state index is 14.3. The molecular formula is C19H16ClF2N3O3. The lowest BCUT2D eigenvalue weighted by molar-refractivity contribution is -0.155. The highest BCUT2D eigenvalue weighted by Gasteiger charge is 2.47. The zero-order chi connectivity index (χ0) is 19.8. The lowest BCUT2D eigenvalue weighted by Crippen LogP contribution is -2.65. The van der Waals surface area contributed by atoms with Crippen molar-refractivity contribution in [2.45, 2.75) is 12.6 Å². The monoisotopic (exact) mass is 407 g/mol. The van der Waals surface area contributed by atoms with Crippen LogP contribution in [0.3, 0.4) is 0 Å². The summed E-state index contributed by atoms with van der Waals surface area (Å²) in [7, 11) is 0. The SMILES string of the molecule is O=C1[C@H](C2COC2)N(Cc2ccc(F)cc2)C(=O)CN1c1ncc(Cl)cc1F. The summed E-state index contributed by atoms with van der Waals surface area (Å²) in [5.74, 6) is -2.36. The number of pyridine rings is 1. The molecule has 0 aliphatic carbocycles. The van der Waals surface area contributed by atoms with Crippen LogP contribution in [-0.2, 0) is 20.9 Å². The zero-order valence-electron chi connectivity index (χ0n) is 14.6. The van der Waals surface area contributed by atoms with Gasteiger partial charge in [-0.15, -0.1) is 0 Å². The second-order valence-electron chi connectivity index (χ2n) is 6.77. The predicted octanol–water partition coefficient (Wildman–Crippen LogP) is 2.40. The summed E-state index contributed by atoms with van der Waals surface area (Å²) in [5, 5.41) is 0.0962. The summed E-state index contributed by atoms with van der Waals surface area (Å²) in [4.78, 5) is 32.4. The van der Waals surface area contributed by atoms with Crippen molar-refractivity contribution in [2.24, 2.45) is 5.92 Å². The van der Waals surface area contributed by atoms with Crippen molar-refractivity contribution in [2.75, 3.05) is 24.7 Å². The van der Waals surface area contributed by atoms with E-state index < -0.39 is 17.8 Å². The molecule has 0 bridgehead atoms. The third kappa shape index (κ3) is 3.45. The predicted molar refractivity (Wildman–Crippen MR) is 96.6 cm³/mol. The molecule has 9 heteroatoms. The number of anilines is 1. The van der Waals surface area contributed by atoms with Crippen molar-refractivity contribution < 1.29 is 23.1 Å². The van der Waals surface area contributed by atoms with Gasteiger partial charge in [0.15, 0.2) is 11.6 Å². The molecule has 1 aromatic carbocycles. The van der Waals surface area contributed by atoms with Gasteiger partial charge in [-0.2, -0.15) is 0 Å². The number of hydrogen-bond acceptors (Lipinski definition) is 4. The van der Waals surface area contributed by atoms with Crippen LogP contribution >= 0.6 is 11.6 Å². The smallest absolute Gasteiger partial charge is 0.251 e. The summed E-state index contributed by atoms with van der Waals surface area (Å²) < 4.78 is 32.7. The molecule has 3 heterocycles. The molecule has 4 rings (SSSR count). The van der Waals surface area contributed by atoms with E-state index in [0.29, 0.717) is 18.8 Å². The van der Waals surface area contributed by atoms with Crippen molar-refractivity contribution >= 4 is 29.2 Å². The molecule has 0 unspecified atom stereocenters. The van der Waals surface area contributed by atoms with E-state index >= 15 is 0 Å². The summed E-state index contributed by atoms with van der Waals surface area (Å²) in [6.07, 6.45) is 1.23. The van der Waals surface area contributed by atoms with E-state index in [-0.39, 0.29) is 41.6 Å². The number of hydrogen-bond donors (Lipinski definition) is 0. The number of halogens is 3. The van der Waals surface area contributed by atoms with Gasteiger partial charge < -0.3 is 9.64 Å². The van der Waals surface area contributed by atoms with Crippen LogP contribution in [0.4, 0.5) is 14.6 Å². The van der Waals surface area contributed by atoms with Crippen molar-refractivity contribution in [1.29, 1.82) is 0 Å². The Morgan fingerprint density at radius 3 is 2.50 bits per heavy atom. The fourth-order valence-corrected chi connectivity index (χ4v) is 3.55. The number of ether oxygens (including phenoxy) is 1. The normalized spacial score (nSPS) is 20.5. The average Bonchev–Trinajstić information content (AvgIpc) is 2.61. The number of amides is 2. The van der Waals surface area contributed by atoms with Gasteiger partial charge >= 0.3 is 0 Å². The molecule has 6 nitrogen and oxygen atoms in total. The number of benzene rings is 1. The van der Waals surface area contributed by atoms with E-state index in [1.165, 1.54) is 23.2 Å². The lowest BCUT2D eigenvalue weighted by Gasteiger charge is -2.45. The van der Waals surface area contributed by atoms with Crippen molar-refractivity contribution in [3.63, 3.8) is 0 Å². The quantitative estimate of drug-likeness (QED) is 0.780. The van der Waals surface area contributed by atoms with Gasteiger partial charge in [0, 0.05) is 18.7 Å². The molecule has 2 fully saturated rings. The topological polar surface area (TPSA) is 62.7 Å². The zero-order valence-corrected chi connectivity index (χ0v) is 15.4. The second-order valence-corrected chi connectivity index (χ2v) is 7.21. The molecule has 2 aliphatic heterocycles. The third-order valence-corrected chi connectivity index (χ3v) is 5.10. The van der Waals surface area contributed by atoms with Gasteiger partial charge in [0.05, 0.1) is 18.2 Å². The number of rotatable bonds is 4. The maximum atomic E-state index is 14.3. The van der Waals surface area contributed by atoms with E-state index in [1.54, 1.807) is 12.1 Å². The third-order valence-electron chi connectivity index (χ3n) is 4.89. The molecule has 0 spiro atoms. The van der Waals surface area contributed by atoms with Gasteiger partial charge in [-0.05, 0) is 23.8 Å². The first-order valence-electron chi connectivity index (χ1n) is 8.68. The summed E-state index contributed by atoms with van der Waals surface area (Å²) in [6, 6.07) is 5.96. The number of carbonyl (C=O) groups is 2. The van der Waals surface area contributed by atoms with E-state index in [4.69, 9.17) is 16.3 Å². The van der Waals surface area contributed by atoms with E-state index in [2.05, 4.69) is 4.98 Å². The van der Waals surface area contributed by atoms with E-state index in [1.807, 2.05) is 0 Å². The van der Waals surface area contributed by atoms with Gasteiger partial charge in [0.25, 0.3) is 5.91 Å². The number of piperazine rings is 1. The van der Waals surface area contributed by atoms with Crippen LogP contribution in [0.25, 0.3) is 0 Å². The summed E-state index contributed by atoms with van der Waals surface area (Å²) in [5.41, 5.74) is 0.692. The van der Waals surface area contributed by atoms with Crippen LogP contribution in [-0.4, -0.2) is 47.5 Å². The second kappa shape index (κ2) is 7.44. The molecule has 28 heavy (non-hydrogen) atoms. The first kappa shape index (κ1) is 18.8. The molecule has 2 aliphatic rings. The molecule has 2 amide bonds. The first-order valence-corrected chi connectivity index (χ1v) is 9.06. The van der Waals surface area contributed by atoms with Crippen LogP contribution in [0, 0.1) is 17.6 Å². The van der Waals surface area contributed by atoms with E-state index in [0.717, 1.165) is 11.0 Å². The number of nitrogens with zero attached hydrogens (tertiary/aromatic N) is 3. The Kier molecular flexibility index (Phi) is 4.99. The minimum absolute atomic E-state index is 0.0962. The van der Waals surface area contributed by atoms with Crippen LogP contribution < -0.4 is 4.90 Å². The van der Waals surface area contributed by atoms with Gasteiger partial charge in [0.2, 0.25) is 5.91 Å². The van der Waals surface area contributed by atoms with Gasteiger partial charge in [-0.1, -0.05) is 23.7 Å². The minimum Gasteiger partial charge on any atom is -0.380 e. The van der Waals surface area contributed by atoms with Crippen LogP contribution in [0.1, 0.15) is 5.56 Å².